The Hall–Kier alpha value is -2.32. The molecule has 9 heteroatoms. The van der Waals surface area contributed by atoms with E-state index in [2.05, 4.69) is 15.1 Å². The van der Waals surface area contributed by atoms with E-state index >= 15 is 0 Å². The lowest BCUT2D eigenvalue weighted by Crippen LogP contribution is -2.40. The first-order valence-corrected chi connectivity index (χ1v) is 8.12. The van der Waals surface area contributed by atoms with E-state index in [1.807, 2.05) is 20.8 Å². The van der Waals surface area contributed by atoms with Crippen molar-refractivity contribution < 1.29 is 9.45 Å². The normalized spacial score (nSPS) is 18.8. The molecule has 8 nitrogen and oxygen atoms in total. The molecule has 1 amide bonds. The molecule has 0 aliphatic carbocycles. The van der Waals surface area contributed by atoms with Crippen LogP contribution in [0.25, 0.3) is 11.0 Å². The van der Waals surface area contributed by atoms with E-state index in [0.717, 1.165) is 12.8 Å². The highest BCUT2D eigenvalue weighted by molar-refractivity contribution is 6.05. The SMILES string of the molecule is BOC(=O)N1CCCC(c2nc3c(cnn3C(C)(C)C)c(=O)[nH]2)C1. The van der Waals surface area contributed by atoms with Gasteiger partial charge in [0.25, 0.3) is 5.56 Å². The van der Waals surface area contributed by atoms with Gasteiger partial charge in [-0.15, -0.1) is 0 Å². The Kier molecular flexibility index (Phi) is 4.10. The maximum atomic E-state index is 12.4. The molecular weight excluding hydrogens is 309 g/mol. The van der Waals surface area contributed by atoms with Gasteiger partial charge < -0.3 is 14.5 Å². The van der Waals surface area contributed by atoms with Gasteiger partial charge in [-0.2, -0.15) is 5.10 Å². The van der Waals surface area contributed by atoms with Gasteiger partial charge in [0, 0.05) is 19.0 Å². The molecule has 1 N–H and O–H groups in total. The second-order valence-electron chi connectivity index (χ2n) is 7.17. The molecule has 1 fully saturated rings. The fourth-order valence-corrected chi connectivity index (χ4v) is 3.11. The van der Waals surface area contributed by atoms with Crippen molar-refractivity contribution >= 4 is 25.2 Å². The topological polar surface area (TPSA) is 93.1 Å². The van der Waals surface area contributed by atoms with Crippen molar-refractivity contribution in [2.24, 2.45) is 0 Å². The number of nitrogens with one attached hydrogen (secondary N) is 1. The molecule has 2 aromatic heterocycles. The number of carbonyl (C=O) groups excluding carboxylic acids is 1. The van der Waals surface area contributed by atoms with E-state index in [4.69, 9.17) is 4.65 Å². The van der Waals surface area contributed by atoms with Crippen molar-refractivity contribution in [2.75, 3.05) is 13.1 Å². The van der Waals surface area contributed by atoms with Crippen LogP contribution < -0.4 is 5.56 Å². The summed E-state index contributed by atoms with van der Waals surface area (Å²) in [5, 5.41) is 4.80. The summed E-state index contributed by atoms with van der Waals surface area (Å²) in [7, 11) is 1.38. The minimum Gasteiger partial charge on any atom is -0.528 e. The van der Waals surface area contributed by atoms with E-state index in [-0.39, 0.29) is 23.1 Å². The van der Waals surface area contributed by atoms with Crippen LogP contribution in [0.5, 0.6) is 0 Å². The van der Waals surface area contributed by atoms with Gasteiger partial charge >= 0.3 is 14.1 Å². The number of amides is 1. The van der Waals surface area contributed by atoms with E-state index in [1.54, 1.807) is 15.8 Å². The summed E-state index contributed by atoms with van der Waals surface area (Å²) in [5.41, 5.74) is 0.113. The van der Waals surface area contributed by atoms with E-state index in [9.17, 15) is 9.59 Å². The van der Waals surface area contributed by atoms with Crippen LogP contribution in [0.15, 0.2) is 11.0 Å². The van der Waals surface area contributed by atoms with Crippen LogP contribution in [-0.2, 0) is 10.2 Å². The minimum absolute atomic E-state index is 0.0155. The minimum atomic E-state index is -0.345. The largest absolute Gasteiger partial charge is 0.528 e. The van der Waals surface area contributed by atoms with Crippen LogP contribution in [-0.4, -0.2) is 51.9 Å². The first kappa shape index (κ1) is 16.5. The zero-order chi connectivity index (χ0) is 17.5. The van der Waals surface area contributed by atoms with Gasteiger partial charge in [0.2, 0.25) is 0 Å². The van der Waals surface area contributed by atoms with Crippen molar-refractivity contribution in [3.8, 4) is 0 Å². The number of aromatic amines is 1. The van der Waals surface area contributed by atoms with Crippen molar-refractivity contribution in [3.05, 3.63) is 22.4 Å². The summed E-state index contributed by atoms with van der Waals surface area (Å²) < 4.78 is 6.57. The summed E-state index contributed by atoms with van der Waals surface area (Å²) in [5.74, 6) is 0.588. The van der Waals surface area contributed by atoms with Crippen LogP contribution >= 0.6 is 0 Å². The van der Waals surface area contributed by atoms with Crippen LogP contribution in [0, 0.1) is 0 Å². The van der Waals surface area contributed by atoms with Crippen molar-refractivity contribution in [2.45, 2.75) is 45.1 Å². The lowest BCUT2D eigenvalue weighted by atomic mass is 9.97. The number of hydrogen-bond donors (Lipinski definition) is 1. The molecule has 0 bridgehead atoms. The Balaban J connectivity index is 2.01. The van der Waals surface area contributed by atoms with Gasteiger partial charge in [0.1, 0.15) is 11.2 Å². The summed E-state index contributed by atoms with van der Waals surface area (Å²) in [4.78, 5) is 33.4. The third-order valence-electron chi connectivity index (χ3n) is 4.33. The fraction of sp³-hybridized carbons (Fsp3) is 0.600. The number of fused-ring (bicyclic) bond motifs is 1. The number of aromatic nitrogens is 4. The quantitative estimate of drug-likeness (QED) is 0.778. The van der Waals surface area contributed by atoms with Crippen LogP contribution in [0.3, 0.4) is 0 Å². The van der Waals surface area contributed by atoms with Crippen LogP contribution in [0.1, 0.15) is 45.4 Å². The zero-order valence-corrected chi connectivity index (χ0v) is 14.5. The predicted molar refractivity (Wildman–Crippen MR) is 91.7 cm³/mol. The summed E-state index contributed by atoms with van der Waals surface area (Å²) in [6.07, 6.45) is 2.92. The van der Waals surface area contributed by atoms with Gasteiger partial charge in [0.15, 0.2) is 5.65 Å². The Morgan fingerprint density at radius 2 is 2.21 bits per heavy atom. The smallest absolute Gasteiger partial charge is 0.391 e. The number of likely N-dealkylation sites (tertiary alicyclic amines) is 1. The van der Waals surface area contributed by atoms with E-state index < -0.39 is 0 Å². The third kappa shape index (κ3) is 2.90. The lowest BCUT2D eigenvalue weighted by molar-refractivity contribution is 0.139. The molecule has 128 valence electrons. The van der Waals surface area contributed by atoms with E-state index in [1.165, 1.54) is 8.05 Å². The molecule has 0 aromatic carbocycles. The second kappa shape index (κ2) is 5.96. The molecule has 1 unspecified atom stereocenters. The van der Waals surface area contributed by atoms with Gasteiger partial charge in [-0.1, -0.05) is 0 Å². The fourth-order valence-electron chi connectivity index (χ4n) is 3.11. The molecule has 3 rings (SSSR count). The summed E-state index contributed by atoms with van der Waals surface area (Å²) in [6, 6.07) is 0. The van der Waals surface area contributed by atoms with Gasteiger partial charge in [-0.05, 0) is 33.6 Å². The molecule has 1 aliphatic rings. The number of hydrogen-bond acceptors (Lipinski definition) is 5. The van der Waals surface area contributed by atoms with Gasteiger partial charge in [0.05, 0.1) is 11.7 Å². The van der Waals surface area contributed by atoms with Crippen molar-refractivity contribution in [1.29, 1.82) is 0 Å². The molecule has 1 aliphatic heterocycles. The molecule has 0 spiro atoms. The Bertz CT molecular complexity index is 823. The first-order valence-electron chi connectivity index (χ1n) is 8.12. The Morgan fingerprint density at radius 1 is 1.46 bits per heavy atom. The molecule has 1 saturated heterocycles. The van der Waals surface area contributed by atoms with Crippen LogP contribution in [0.4, 0.5) is 4.79 Å². The highest BCUT2D eigenvalue weighted by Gasteiger charge is 2.28. The van der Waals surface area contributed by atoms with Gasteiger partial charge in [-0.3, -0.25) is 4.79 Å². The second-order valence-corrected chi connectivity index (χ2v) is 7.17. The number of H-pyrrole nitrogens is 1. The summed E-state index contributed by atoms with van der Waals surface area (Å²) >= 11 is 0. The number of carbonyl (C=O) groups is 1. The monoisotopic (exact) mass is 331 g/mol. The average molecular weight is 331 g/mol. The standard InChI is InChI=1S/C15H22BN5O3/c1-15(2,3)21-12-10(7-17-21)13(22)19-11(18-12)9-5-4-6-20(8-9)14(23)24-16/h7,9H,4-6,8,16H2,1-3H3,(H,18,19,22). The highest BCUT2D eigenvalue weighted by atomic mass is 16.5. The average Bonchev–Trinajstić information content (AvgIpc) is 2.99. The van der Waals surface area contributed by atoms with Crippen molar-refractivity contribution in [3.63, 3.8) is 0 Å². The lowest BCUT2D eigenvalue weighted by Gasteiger charge is -2.31. The molecule has 0 radical (unpaired) electrons. The molecule has 24 heavy (non-hydrogen) atoms. The maximum Gasteiger partial charge on any atom is 0.391 e. The van der Waals surface area contributed by atoms with E-state index in [0.29, 0.717) is 29.9 Å². The van der Waals surface area contributed by atoms with Gasteiger partial charge in [-0.25, -0.2) is 14.5 Å². The predicted octanol–water partition coefficient (Wildman–Crippen LogP) is 0.739. The summed E-state index contributed by atoms with van der Waals surface area (Å²) in [6.45, 7) is 7.20. The first-order chi connectivity index (χ1) is 11.3. The number of piperidine rings is 1. The number of nitrogens with zero attached hydrogens (tertiary/aromatic N) is 4. The Labute approximate surface area is 140 Å². The molecule has 3 heterocycles. The van der Waals surface area contributed by atoms with Crippen LogP contribution in [0.2, 0.25) is 0 Å². The molecule has 2 aromatic rings. The Morgan fingerprint density at radius 3 is 2.88 bits per heavy atom. The zero-order valence-electron chi connectivity index (χ0n) is 14.5. The highest BCUT2D eigenvalue weighted by Crippen LogP contribution is 2.26. The van der Waals surface area contributed by atoms with Crippen molar-refractivity contribution in [1.82, 2.24) is 24.6 Å². The molecule has 1 atom stereocenters. The number of rotatable bonds is 1. The molecule has 0 saturated carbocycles. The maximum absolute atomic E-state index is 12.4. The third-order valence-corrected chi connectivity index (χ3v) is 4.33. The molecular formula is C15H22BN5O3.